The molecule has 0 aliphatic heterocycles. The molecule has 0 heterocycles. The number of carbonyl (C=O) groups is 1. The Morgan fingerprint density at radius 2 is 1.74 bits per heavy atom. The largest absolute Gasteiger partial charge is 0.353 e. The Kier molecular flexibility index (Phi) is 3.56. The highest BCUT2D eigenvalue weighted by Crippen LogP contribution is 2.44. The fourth-order valence-corrected chi connectivity index (χ4v) is 2.87. The molecule has 2 saturated carbocycles. The zero-order valence-corrected chi connectivity index (χ0v) is 11.3. The summed E-state index contributed by atoms with van der Waals surface area (Å²) in [6, 6.07) is 8.40. The van der Waals surface area contributed by atoms with Crippen LogP contribution >= 0.6 is 0 Å². The maximum atomic E-state index is 12.2. The van der Waals surface area contributed by atoms with E-state index in [2.05, 4.69) is 5.32 Å². The second-order valence-corrected chi connectivity index (χ2v) is 5.92. The SMILES string of the molecule is NCc1ccccc1CC(=O)NC(C1CC1)C1CC1. The Morgan fingerprint density at radius 1 is 1.16 bits per heavy atom. The van der Waals surface area contributed by atoms with Crippen LogP contribution in [0.15, 0.2) is 24.3 Å². The lowest BCUT2D eigenvalue weighted by molar-refractivity contribution is -0.121. The van der Waals surface area contributed by atoms with Crippen LogP contribution in [0.3, 0.4) is 0 Å². The van der Waals surface area contributed by atoms with Crippen molar-refractivity contribution in [2.24, 2.45) is 17.6 Å². The summed E-state index contributed by atoms with van der Waals surface area (Å²) in [4.78, 5) is 12.2. The lowest BCUT2D eigenvalue weighted by Crippen LogP contribution is -2.39. The van der Waals surface area contributed by atoms with Crippen molar-refractivity contribution in [2.75, 3.05) is 0 Å². The van der Waals surface area contributed by atoms with Gasteiger partial charge in [0.05, 0.1) is 6.42 Å². The van der Waals surface area contributed by atoms with E-state index in [0.717, 1.165) is 23.0 Å². The van der Waals surface area contributed by atoms with Gasteiger partial charge in [-0.3, -0.25) is 4.79 Å². The van der Waals surface area contributed by atoms with Gasteiger partial charge >= 0.3 is 0 Å². The third-order valence-electron chi connectivity index (χ3n) is 4.28. The molecule has 3 rings (SSSR count). The van der Waals surface area contributed by atoms with Crippen molar-refractivity contribution in [2.45, 2.75) is 44.7 Å². The zero-order chi connectivity index (χ0) is 13.2. The summed E-state index contributed by atoms with van der Waals surface area (Å²) in [5.41, 5.74) is 7.85. The molecule has 1 aromatic carbocycles. The van der Waals surface area contributed by atoms with Gasteiger partial charge in [0.1, 0.15) is 0 Å². The van der Waals surface area contributed by atoms with Crippen molar-refractivity contribution in [1.82, 2.24) is 5.32 Å². The lowest BCUT2D eigenvalue weighted by Gasteiger charge is -2.18. The van der Waals surface area contributed by atoms with E-state index in [-0.39, 0.29) is 5.91 Å². The van der Waals surface area contributed by atoms with Gasteiger partial charge < -0.3 is 11.1 Å². The van der Waals surface area contributed by atoms with E-state index in [9.17, 15) is 4.79 Å². The first-order valence-electron chi connectivity index (χ1n) is 7.34. The van der Waals surface area contributed by atoms with E-state index in [4.69, 9.17) is 5.73 Å². The van der Waals surface area contributed by atoms with Crippen molar-refractivity contribution in [1.29, 1.82) is 0 Å². The highest BCUT2D eigenvalue weighted by molar-refractivity contribution is 5.79. The van der Waals surface area contributed by atoms with Gasteiger partial charge in [-0.15, -0.1) is 0 Å². The maximum Gasteiger partial charge on any atom is 0.224 e. The predicted molar refractivity (Wildman–Crippen MR) is 75.4 cm³/mol. The molecule has 2 aliphatic carbocycles. The standard InChI is InChI=1S/C16H22N2O/c17-10-14-4-2-1-3-13(14)9-15(19)18-16(11-5-6-11)12-7-8-12/h1-4,11-12,16H,5-10,17H2,(H,18,19). The molecule has 2 aliphatic rings. The van der Waals surface area contributed by atoms with Crippen LogP contribution < -0.4 is 11.1 Å². The summed E-state index contributed by atoms with van der Waals surface area (Å²) >= 11 is 0. The molecule has 19 heavy (non-hydrogen) atoms. The van der Waals surface area contributed by atoms with Gasteiger partial charge in [0.25, 0.3) is 0 Å². The average molecular weight is 258 g/mol. The minimum Gasteiger partial charge on any atom is -0.353 e. The van der Waals surface area contributed by atoms with E-state index >= 15 is 0 Å². The quantitative estimate of drug-likeness (QED) is 0.820. The smallest absolute Gasteiger partial charge is 0.224 e. The van der Waals surface area contributed by atoms with Crippen molar-refractivity contribution < 1.29 is 4.79 Å². The molecule has 0 unspecified atom stereocenters. The van der Waals surface area contributed by atoms with Crippen molar-refractivity contribution in [3.63, 3.8) is 0 Å². The van der Waals surface area contributed by atoms with Gasteiger partial charge in [-0.05, 0) is 48.6 Å². The van der Waals surface area contributed by atoms with Crippen LogP contribution in [-0.2, 0) is 17.8 Å². The minimum absolute atomic E-state index is 0.157. The number of hydrogen-bond donors (Lipinski definition) is 2. The normalized spacial score (nSPS) is 18.6. The molecule has 102 valence electrons. The van der Waals surface area contributed by atoms with Gasteiger partial charge in [0.15, 0.2) is 0 Å². The zero-order valence-electron chi connectivity index (χ0n) is 11.3. The fraction of sp³-hybridized carbons (Fsp3) is 0.562. The number of hydrogen-bond acceptors (Lipinski definition) is 2. The molecule has 1 amide bonds. The third-order valence-corrected chi connectivity index (χ3v) is 4.28. The van der Waals surface area contributed by atoms with Crippen LogP contribution in [0.4, 0.5) is 0 Å². The van der Waals surface area contributed by atoms with Gasteiger partial charge in [-0.1, -0.05) is 24.3 Å². The number of rotatable bonds is 6. The minimum atomic E-state index is 0.157. The first-order chi connectivity index (χ1) is 9.28. The van der Waals surface area contributed by atoms with Crippen LogP contribution in [-0.4, -0.2) is 11.9 Å². The van der Waals surface area contributed by atoms with Gasteiger partial charge in [-0.2, -0.15) is 0 Å². The molecule has 0 bridgehead atoms. The average Bonchev–Trinajstić information content (AvgIpc) is 3.30. The molecule has 0 atom stereocenters. The van der Waals surface area contributed by atoms with Crippen molar-refractivity contribution >= 4 is 5.91 Å². The number of carbonyl (C=O) groups excluding carboxylic acids is 1. The Hall–Kier alpha value is -1.35. The summed E-state index contributed by atoms with van der Waals surface area (Å²) in [6.45, 7) is 0.498. The molecule has 3 nitrogen and oxygen atoms in total. The fourth-order valence-electron chi connectivity index (χ4n) is 2.87. The van der Waals surface area contributed by atoms with Gasteiger partial charge in [-0.25, -0.2) is 0 Å². The number of nitrogens with one attached hydrogen (secondary N) is 1. The number of nitrogens with two attached hydrogens (primary N) is 1. The molecule has 1 aromatic rings. The highest BCUT2D eigenvalue weighted by Gasteiger charge is 2.42. The molecule has 0 radical (unpaired) electrons. The first-order valence-corrected chi connectivity index (χ1v) is 7.34. The Balaban J connectivity index is 1.60. The van der Waals surface area contributed by atoms with E-state index in [1.165, 1.54) is 25.7 Å². The maximum absolute atomic E-state index is 12.2. The van der Waals surface area contributed by atoms with Crippen LogP contribution in [0.25, 0.3) is 0 Å². The molecule has 0 spiro atoms. The summed E-state index contributed by atoms with van der Waals surface area (Å²) in [5, 5.41) is 3.26. The van der Waals surface area contributed by atoms with E-state index in [1.54, 1.807) is 0 Å². The van der Waals surface area contributed by atoms with E-state index < -0.39 is 0 Å². The topological polar surface area (TPSA) is 55.1 Å². The van der Waals surface area contributed by atoms with Crippen LogP contribution in [0.2, 0.25) is 0 Å². The van der Waals surface area contributed by atoms with Crippen LogP contribution in [0, 0.1) is 11.8 Å². The summed E-state index contributed by atoms with van der Waals surface area (Å²) in [5.74, 6) is 1.66. The number of amides is 1. The molecule has 3 heteroatoms. The Bertz CT molecular complexity index is 452. The highest BCUT2D eigenvalue weighted by atomic mass is 16.1. The first kappa shape index (κ1) is 12.7. The summed E-state index contributed by atoms with van der Waals surface area (Å²) in [6.07, 6.45) is 5.63. The van der Waals surface area contributed by atoms with Gasteiger partial charge in [0, 0.05) is 12.6 Å². The molecule has 0 saturated heterocycles. The van der Waals surface area contributed by atoms with Crippen LogP contribution in [0.5, 0.6) is 0 Å². The van der Waals surface area contributed by atoms with E-state index in [0.29, 0.717) is 19.0 Å². The molecular formula is C16H22N2O. The monoisotopic (exact) mass is 258 g/mol. The van der Waals surface area contributed by atoms with Crippen molar-refractivity contribution in [3.05, 3.63) is 35.4 Å². The molecular weight excluding hydrogens is 236 g/mol. The van der Waals surface area contributed by atoms with E-state index in [1.807, 2.05) is 24.3 Å². The Labute approximate surface area is 114 Å². The third kappa shape index (κ3) is 3.16. The lowest BCUT2D eigenvalue weighted by atomic mass is 10.0. The number of benzene rings is 1. The molecule has 2 fully saturated rings. The summed E-state index contributed by atoms with van der Waals surface area (Å²) in [7, 11) is 0. The van der Waals surface area contributed by atoms with Crippen molar-refractivity contribution in [3.8, 4) is 0 Å². The molecule has 3 N–H and O–H groups in total. The molecule has 0 aromatic heterocycles. The second kappa shape index (κ2) is 5.33. The predicted octanol–water partition coefficient (Wildman–Crippen LogP) is 1.99. The summed E-state index contributed by atoms with van der Waals surface area (Å²) < 4.78 is 0. The second-order valence-electron chi connectivity index (χ2n) is 5.92. The van der Waals surface area contributed by atoms with Gasteiger partial charge in [0.2, 0.25) is 5.91 Å². The Morgan fingerprint density at radius 3 is 2.26 bits per heavy atom. The van der Waals surface area contributed by atoms with Crippen LogP contribution in [0.1, 0.15) is 36.8 Å².